The van der Waals surface area contributed by atoms with Crippen LogP contribution in [0.25, 0.3) is 0 Å². The van der Waals surface area contributed by atoms with Gasteiger partial charge in [-0.3, -0.25) is 0 Å². The summed E-state index contributed by atoms with van der Waals surface area (Å²) in [6, 6.07) is 0. The molecule has 0 aromatic carbocycles. The van der Waals surface area contributed by atoms with Gasteiger partial charge < -0.3 is 4.74 Å². The van der Waals surface area contributed by atoms with Gasteiger partial charge in [-0.05, 0) is 18.2 Å². The molecule has 1 nitrogen and oxygen atoms in total. The van der Waals surface area contributed by atoms with Gasteiger partial charge in [0.15, 0.2) is 0 Å². The van der Waals surface area contributed by atoms with Crippen LogP contribution in [0.1, 0.15) is 25.7 Å². The number of rotatable bonds is 2. The topological polar surface area (TPSA) is 9.23 Å². The van der Waals surface area contributed by atoms with Crippen molar-refractivity contribution in [2.45, 2.75) is 31.8 Å². The van der Waals surface area contributed by atoms with E-state index in [1.165, 1.54) is 25.7 Å². The van der Waals surface area contributed by atoms with Crippen LogP contribution in [-0.4, -0.2) is 18.6 Å². The number of hydrogen-bond donors (Lipinski definition) is 0. The summed E-state index contributed by atoms with van der Waals surface area (Å²) in [5.41, 5.74) is 0. The molecule has 2 atom stereocenters. The quantitative estimate of drug-likeness (QED) is 0.570. The van der Waals surface area contributed by atoms with Crippen molar-refractivity contribution in [3.63, 3.8) is 0 Å². The maximum atomic E-state index is 5.30. The van der Waals surface area contributed by atoms with E-state index in [0.29, 0.717) is 12.0 Å². The van der Waals surface area contributed by atoms with Gasteiger partial charge in [0.1, 0.15) is 0 Å². The standard InChI is InChI=1S/C8H14OS/c1-9-8-5-3-2-4-7(8)6-10/h6-8H,2-5H2,1H3. The largest absolute Gasteiger partial charge is 0.381 e. The highest BCUT2D eigenvalue weighted by Crippen LogP contribution is 2.24. The third-order valence-electron chi connectivity index (χ3n) is 2.23. The Kier molecular flexibility index (Phi) is 3.29. The van der Waals surface area contributed by atoms with Gasteiger partial charge in [0, 0.05) is 13.0 Å². The predicted molar refractivity (Wildman–Crippen MR) is 46.4 cm³/mol. The summed E-state index contributed by atoms with van der Waals surface area (Å²) >= 11 is 4.91. The predicted octanol–water partition coefficient (Wildman–Crippen LogP) is 2.19. The molecule has 1 saturated carbocycles. The Labute approximate surface area is 67.8 Å². The van der Waals surface area contributed by atoms with E-state index in [4.69, 9.17) is 17.0 Å². The van der Waals surface area contributed by atoms with Crippen molar-refractivity contribution in [2.75, 3.05) is 7.11 Å². The van der Waals surface area contributed by atoms with E-state index in [9.17, 15) is 0 Å². The van der Waals surface area contributed by atoms with Crippen molar-refractivity contribution in [2.24, 2.45) is 5.92 Å². The minimum Gasteiger partial charge on any atom is -0.381 e. The molecule has 0 aliphatic heterocycles. The summed E-state index contributed by atoms with van der Waals surface area (Å²) in [6.07, 6.45) is 5.44. The van der Waals surface area contributed by atoms with Crippen LogP contribution in [0.3, 0.4) is 0 Å². The first-order chi connectivity index (χ1) is 4.88. The van der Waals surface area contributed by atoms with Crippen molar-refractivity contribution >= 4 is 17.6 Å². The van der Waals surface area contributed by atoms with Crippen molar-refractivity contribution in [1.82, 2.24) is 0 Å². The lowest BCUT2D eigenvalue weighted by Crippen LogP contribution is -2.26. The Hall–Kier alpha value is 0.0500. The molecule has 0 radical (unpaired) electrons. The van der Waals surface area contributed by atoms with Crippen LogP contribution in [-0.2, 0) is 4.74 Å². The fourth-order valence-electron chi connectivity index (χ4n) is 1.57. The Morgan fingerprint density at radius 2 is 2.10 bits per heavy atom. The average molecular weight is 158 g/mol. The minimum atomic E-state index is 0.409. The molecule has 1 aliphatic carbocycles. The second-order valence-electron chi connectivity index (χ2n) is 2.86. The van der Waals surface area contributed by atoms with E-state index < -0.39 is 0 Å². The number of ether oxygens (including phenoxy) is 1. The van der Waals surface area contributed by atoms with Crippen LogP contribution in [0, 0.1) is 5.92 Å². The van der Waals surface area contributed by atoms with E-state index in [2.05, 4.69) is 0 Å². The highest BCUT2D eigenvalue weighted by Gasteiger charge is 2.22. The van der Waals surface area contributed by atoms with Gasteiger partial charge in [-0.25, -0.2) is 0 Å². The zero-order chi connectivity index (χ0) is 7.40. The monoisotopic (exact) mass is 158 g/mol. The van der Waals surface area contributed by atoms with Crippen molar-refractivity contribution in [3.05, 3.63) is 0 Å². The van der Waals surface area contributed by atoms with Gasteiger partial charge in [-0.1, -0.05) is 25.1 Å². The summed E-state index contributed by atoms with van der Waals surface area (Å²) in [7, 11) is 1.78. The zero-order valence-electron chi connectivity index (χ0n) is 6.38. The Bertz CT molecular complexity index is 114. The molecule has 0 N–H and O–H groups in total. The molecular weight excluding hydrogens is 144 g/mol. The highest BCUT2D eigenvalue weighted by atomic mass is 32.1. The van der Waals surface area contributed by atoms with Gasteiger partial charge in [0.25, 0.3) is 0 Å². The average Bonchev–Trinajstić information content (AvgIpc) is 2.04. The van der Waals surface area contributed by atoms with Gasteiger partial charge in [-0.2, -0.15) is 0 Å². The highest BCUT2D eigenvalue weighted by molar-refractivity contribution is 7.79. The molecular formula is C8H14OS. The van der Waals surface area contributed by atoms with Gasteiger partial charge >= 0.3 is 0 Å². The normalized spacial score (nSPS) is 33.7. The summed E-state index contributed by atoms with van der Waals surface area (Å²) in [5.74, 6) is 0.536. The number of hydrogen-bond acceptors (Lipinski definition) is 2. The molecule has 10 heavy (non-hydrogen) atoms. The molecule has 0 spiro atoms. The van der Waals surface area contributed by atoms with Gasteiger partial charge in [0.2, 0.25) is 0 Å². The lowest BCUT2D eigenvalue weighted by atomic mass is 9.88. The first-order valence-corrected chi connectivity index (χ1v) is 4.33. The van der Waals surface area contributed by atoms with Crippen LogP contribution >= 0.6 is 12.2 Å². The lowest BCUT2D eigenvalue weighted by Gasteiger charge is -2.26. The zero-order valence-corrected chi connectivity index (χ0v) is 7.19. The van der Waals surface area contributed by atoms with E-state index in [-0.39, 0.29) is 0 Å². The molecule has 1 aliphatic rings. The Balaban J connectivity index is 2.41. The van der Waals surface area contributed by atoms with Gasteiger partial charge in [-0.15, -0.1) is 0 Å². The van der Waals surface area contributed by atoms with Gasteiger partial charge in [0.05, 0.1) is 6.10 Å². The van der Waals surface area contributed by atoms with Crippen molar-refractivity contribution in [3.8, 4) is 0 Å². The SMILES string of the molecule is COC1CCCCC1C=S. The van der Waals surface area contributed by atoms with Crippen molar-refractivity contribution in [1.29, 1.82) is 0 Å². The molecule has 0 bridgehead atoms. The van der Waals surface area contributed by atoms with Crippen LogP contribution in [0.15, 0.2) is 0 Å². The van der Waals surface area contributed by atoms with Crippen molar-refractivity contribution < 1.29 is 4.74 Å². The van der Waals surface area contributed by atoms with E-state index >= 15 is 0 Å². The molecule has 1 rings (SSSR count). The molecule has 2 unspecified atom stereocenters. The summed E-state index contributed by atoms with van der Waals surface area (Å²) in [4.78, 5) is 0. The lowest BCUT2D eigenvalue weighted by molar-refractivity contribution is 0.0504. The van der Waals surface area contributed by atoms with Crippen LogP contribution in [0.2, 0.25) is 0 Å². The fraction of sp³-hybridized carbons (Fsp3) is 0.875. The van der Waals surface area contributed by atoms with E-state index in [0.717, 1.165) is 0 Å². The third kappa shape index (κ3) is 1.77. The molecule has 0 amide bonds. The first-order valence-electron chi connectivity index (χ1n) is 3.86. The summed E-state index contributed by atoms with van der Waals surface area (Å²) in [6.45, 7) is 0. The Morgan fingerprint density at radius 1 is 1.40 bits per heavy atom. The fourth-order valence-corrected chi connectivity index (χ4v) is 1.89. The molecule has 0 heterocycles. The molecule has 0 aromatic rings. The van der Waals surface area contributed by atoms with Crippen LogP contribution < -0.4 is 0 Å². The number of thiocarbonyl (C=S) groups is 1. The minimum absolute atomic E-state index is 0.409. The molecule has 2 heteroatoms. The first kappa shape index (κ1) is 8.15. The summed E-state index contributed by atoms with van der Waals surface area (Å²) in [5, 5.41) is 1.87. The maximum absolute atomic E-state index is 5.30. The van der Waals surface area contributed by atoms with Crippen LogP contribution in [0.4, 0.5) is 0 Å². The van der Waals surface area contributed by atoms with Crippen LogP contribution in [0.5, 0.6) is 0 Å². The van der Waals surface area contributed by atoms with E-state index in [1.807, 2.05) is 5.37 Å². The third-order valence-corrected chi connectivity index (χ3v) is 2.58. The molecule has 0 aromatic heterocycles. The smallest absolute Gasteiger partial charge is 0.0642 e. The second kappa shape index (κ2) is 4.04. The maximum Gasteiger partial charge on any atom is 0.0642 e. The molecule has 58 valence electrons. The summed E-state index contributed by atoms with van der Waals surface area (Å²) < 4.78 is 5.30. The molecule has 0 saturated heterocycles. The van der Waals surface area contributed by atoms with E-state index in [1.54, 1.807) is 7.11 Å². The second-order valence-corrected chi connectivity index (χ2v) is 3.13. The number of methoxy groups -OCH3 is 1. The Morgan fingerprint density at radius 3 is 2.60 bits per heavy atom. The molecule has 1 fully saturated rings.